The zero-order valence-electron chi connectivity index (χ0n) is 9.60. The first kappa shape index (κ1) is 12.6. The van der Waals surface area contributed by atoms with Crippen LogP contribution in [0.3, 0.4) is 0 Å². The number of hydrogen-bond donors (Lipinski definition) is 2. The Labute approximate surface area is 105 Å². The van der Waals surface area contributed by atoms with E-state index >= 15 is 0 Å². The first-order valence-corrected chi connectivity index (χ1v) is 5.99. The molecule has 2 rings (SSSR count). The minimum atomic E-state index is -0.418. The number of nitrogens with one attached hydrogen (secondary N) is 1. The lowest BCUT2D eigenvalue weighted by Crippen LogP contribution is -2.55. The van der Waals surface area contributed by atoms with Gasteiger partial charge < -0.3 is 9.84 Å². The molecule has 0 aromatic rings. The molecule has 2 aliphatic rings. The number of nitrogens with zero attached hydrogens (tertiary/aromatic N) is 2. The minimum absolute atomic E-state index is 0.0332. The van der Waals surface area contributed by atoms with Gasteiger partial charge in [-0.05, 0) is 12.8 Å². The lowest BCUT2D eigenvalue weighted by molar-refractivity contribution is -0.0559. The summed E-state index contributed by atoms with van der Waals surface area (Å²) in [7, 11) is 0. The van der Waals surface area contributed by atoms with Crippen LogP contribution in [-0.4, -0.2) is 51.8 Å². The van der Waals surface area contributed by atoms with Crippen molar-refractivity contribution in [3.05, 3.63) is 0 Å². The van der Waals surface area contributed by atoms with Crippen molar-refractivity contribution in [1.29, 1.82) is 5.41 Å². The van der Waals surface area contributed by atoms with E-state index in [0.717, 1.165) is 10.8 Å². The molecule has 0 radical (unpaired) electrons. The van der Waals surface area contributed by atoms with Gasteiger partial charge in [-0.1, -0.05) is 6.92 Å². The van der Waals surface area contributed by atoms with Crippen LogP contribution in [0.5, 0.6) is 0 Å². The van der Waals surface area contributed by atoms with Crippen LogP contribution in [0.4, 0.5) is 4.79 Å². The zero-order valence-corrected chi connectivity index (χ0v) is 10.4. The van der Waals surface area contributed by atoms with E-state index < -0.39 is 6.03 Å². The zero-order chi connectivity index (χ0) is 12.6. The van der Waals surface area contributed by atoms with E-state index in [-0.39, 0.29) is 30.7 Å². The Morgan fingerprint density at radius 3 is 2.88 bits per heavy atom. The summed E-state index contributed by atoms with van der Waals surface area (Å²) in [4.78, 5) is 13.4. The molecule has 0 aromatic heterocycles. The van der Waals surface area contributed by atoms with E-state index in [2.05, 4.69) is 0 Å². The minimum Gasteiger partial charge on any atom is -0.394 e. The first-order valence-electron chi connectivity index (χ1n) is 5.66. The maximum absolute atomic E-state index is 11.9. The topological polar surface area (TPSA) is 76.9 Å². The van der Waals surface area contributed by atoms with Crippen molar-refractivity contribution >= 4 is 23.6 Å². The first-order chi connectivity index (χ1) is 8.04. The second-order valence-corrected chi connectivity index (χ2v) is 4.81. The molecule has 0 saturated carbocycles. The van der Waals surface area contributed by atoms with Crippen molar-refractivity contribution < 1.29 is 14.6 Å². The highest BCUT2D eigenvalue weighted by atomic mass is 35.5. The molecule has 1 unspecified atom stereocenters. The van der Waals surface area contributed by atoms with Crippen LogP contribution in [-0.2, 0) is 4.74 Å². The molecule has 17 heavy (non-hydrogen) atoms. The third kappa shape index (κ3) is 2.25. The maximum Gasteiger partial charge on any atom is 0.342 e. The third-order valence-corrected chi connectivity index (χ3v) is 3.53. The Morgan fingerprint density at radius 1 is 1.59 bits per heavy atom. The molecular formula is C10H16ClN3O3. The van der Waals surface area contributed by atoms with Gasteiger partial charge in [0.15, 0.2) is 0 Å². The highest BCUT2D eigenvalue weighted by Crippen LogP contribution is 2.27. The number of halogens is 1. The number of amides is 2. The molecule has 2 N–H and O–H groups in total. The number of urea groups is 1. The summed E-state index contributed by atoms with van der Waals surface area (Å²) in [5.74, 6) is 0.00611. The van der Waals surface area contributed by atoms with Crippen LogP contribution in [0.25, 0.3) is 0 Å². The lowest BCUT2D eigenvalue weighted by Gasteiger charge is -2.38. The van der Waals surface area contributed by atoms with Gasteiger partial charge in [0.05, 0.1) is 12.7 Å². The Morgan fingerprint density at radius 2 is 2.29 bits per heavy atom. The predicted molar refractivity (Wildman–Crippen MR) is 61.7 cm³/mol. The molecular weight excluding hydrogens is 246 g/mol. The van der Waals surface area contributed by atoms with Crippen LogP contribution in [0.15, 0.2) is 0 Å². The SMILES string of the molecule is CC1CN([C@H]2CC[C@@H](CO)O2)C(=O)N(Cl)C1=N. The average Bonchev–Trinajstić information content (AvgIpc) is 2.79. The lowest BCUT2D eigenvalue weighted by atomic mass is 10.1. The van der Waals surface area contributed by atoms with E-state index in [0.29, 0.717) is 13.0 Å². The van der Waals surface area contributed by atoms with Gasteiger partial charge in [0.2, 0.25) is 0 Å². The fourth-order valence-corrected chi connectivity index (χ4v) is 2.42. The normalized spacial score (nSPS) is 34.6. The molecule has 3 atom stereocenters. The Balaban J connectivity index is 2.06. The molecule has 2 amide bonds. The van der Waals surface area contributed by atoms with Crippen LogP contribution < -0.4 is 0 Å². The smallest absolute Gasteiger partial charge is 0.342 e. The molecule has 2 fully saturated rings. The summed E-state index contributed by atoms with van der Waals surface area (Å²) in [6, 6.07) is -0.418. The number of carbonyl (C=O) groups is 1. The van der Waals surface area contributed by atoms with Crippen molar-refractivity contribution in [2.45, 2.75) is 32.1 Å². The number of rotatable bonds is 2. The van der Waals surface area contributed by atoms with E-state index in [1.165, 1.54) is 4.90 Å². The van der Waals surface area contributed by atoms with Crippen LogP contribution in [0, 0.1) is 11.3 Å². The molecule has 2 heterocycles. The second kappa shape index (κ2) is 4.80. The molecule has 0 aliphatic carbocycles. The van der Waals surface area contributed by atoms with Gasteiger partial charge in [0.1, 0.15) is 12.1 Å². The van der Waals surface area contributed by atoms with Gasteiger partial charge in [0, 0.05) is 24.2 Å². The van der Waals surface area contributed by atoms with Gasteiger partial charge in [-0.2, -0.15) is 4.42 Å². The summed E-state index contributed by atoms with van der Waals surface area (Å²) in [5, 5.41) is 16.6. The van der Waals surface area contributed by atoms with Crippen molar-refractivity contribution in [3.63, 3.8) is 0 Å². The summed E-state index contributed by atoms with van der Waals surface area (Å²) in [5.41, 5.74) is 0. The Kier molecular flexibility index (Phi) is 3.56. The molecule has 2 saturated heterocycles. The van der Waals surface area contributed by atoms with Gasteiger partial charge in [0.25, 0.3) is 0 Å². The van der Waals surface area contributed by atoms with Crippen molar-refractivity contribution in [1.82, 2.24) is 9.32 Å². The largest absolute Gasteiger partial charge is 0.394 e. The number of amidine groups is 1. The number of ether oxygens (including phenoxy) is 1. The number of carbonyl (C=O) groups excluding carboxylic acids is 1. The number of aliphatic hydroxyl groups excluding tert-OH is 1. The molecule has 0 bridgehead atoms. The van der Waals surface area contributed by atoms with E-state index in [1.54, 1.807) is 0 Å². The van der Waals surface area contributed by atoms with Gasteiger partial charge in [-0.3, -0.25) is 10.3 Å². The number of hydrogen-bond acceptors (Lipinski definition) is 4. The highest BCUT2D eigenvalue weighted by Gasteiger charge is 2.40. The summed E-state index contributed by atoms with van der Waals surface area (Å²) >= 11 is 5.77. The fraction of sp³-hybridized carbons (Fsp3) is 0.800. The van der Waals surface area contributed by atoms with E-state index in [4.69, 9.17) is 27.0 Å². The summed E-state index contributed by atoms with van der Waals surface area (Å²) < 4.78 is 6.39. The van der Waals surface area contributed by atoms with Crippen molar-refractivity contribution in [2.24, 2.45) is 5.92 Å². The van der Waals surface area contributed by atoms with Crippen molar-refractivity contribution in [3.8, 4) is 0 Å². The average molecular weight is 262 g/mol. The standard InChI is InChI=1S/C10H16ClN3O3/c1-6-4-13(10(16)14(11)9(6)12)8-3-2-7(5-15)17-8/h6-8,12,15H,2-5H2,1H3/t6?,7-,8+/m0/s1. The molecule has 6 nitrogen and oxygen atoms in total. The number of aliphatic hydroxyl groups is 1. The summed E-state index contributed by atoms with van der Waals surface area (Å²) in [6.07, 6.45) is 0.894. The molecule has 7 heteroatoms. The van der Waals surface area contributed by atoms with Gasteiger partial charge >= 0.3 is 6.03 Å². The molecule has 96 valence electrons. The van der Waals surface area contributed by atoms with Gasteiger partial charge in [-0.15, -0.1) is 0 Å². The van der Waals surface area contributed by atoms with E-state index in [1.807, 2.05) is 6.92 Å². The maximum atomic E-state index is 11.9. The third-order valence-electron chi connectivity index (χ3n) is 3.20. The second-order valence-electron chi connectivity index (χ2n) is 4.47. The van der Waals surface area contributed by atoms with Crippen molar-refractivity contribution in [2.75, 3.05) is 13.2 Å². The molecule has 2 aliphatic heterocycles. The van der Waals surface area contributed by atoms with E-state index in [9.17, 15) is 4.79 Å². The Bertz CT molecular complexity index is 339. The van der Waals surface area contributed by atoms with Gasteiger partial charge in [-0.25, -0.2) is 4.79 Å². The van der Waals surface area contributed by atoms with Crippen LogP contribution in [0.2, 0.25) is 0 Å². The summed E-state index contributed by atoms with van der Waals surface area (Å²) in [6.45, 7) is 2.24. The fourth-order valence-electron chi connectivity index (χ4n) is 2.16. The monoisotopic (exact) mass is 261 g/mol. The quantitative estimate of drug-likeness (QED) is 0.728. The predicted octanol–water partition coefficient (Wildman–Crippen LogP) is 0.989. The van der Waals surface area contributed by atoms with Crippen LogP contribution in [0.1, 0.15) is 19.8 Å². The Hall–Kier alpha value is -0.850. The van der Waals surface area contributed by atoms with Crippen LogP contribution >= 0.6 is 11.8 Å². The molecule has 0 aromatic carbocycles. The highest BCUT2D eigenvalue weighted by molar-refractivity contribution is 6.31. The molecule has 0 spiro atoms.